The first-order chi connectivity index (χ1) is 9.72. The monoisotopic (exact) mass is 289 g/mol. The van der Waals surface area contributed by atoms with Gasteiger partial charge in [-0.2, -0.15) is 0 Å². The van der Waals surface area contributed by atoms with Crippen molar-refractivity contribution in [2.75, 3.05) is 0 Å². The molecule has 3 heteroatoms. The Kier molecular flexibility index (Phi) is 4.23. The van der Waals surface area contributed by atoms with Crippen LogP contribution in [-0.4, -0.2) is 11.1 Å². The summed E-state index contributed by atoms with van der Waals surface area (Å²) in [4.78, 5) is 4.44. The highest BCUT2D eigenvalue weighted by Crippen LogP contribution is 2.27. The highest BCUT2D eigenvalue weighted by Gasteiger charge is 2.19. The second-order valence-corrected chi connectivity index (χ2v) is 6.18. The minimum Gasteiger partial charge on any atom is -0.373 e. The minimum atomic E-state index is 0.383. The number of fused-ring (bicyclic) bond motifs is 1. The Hall–Kier alpha value is -1.12. The minimum absolute atomic E-state index is 0.383. The fourth-order valence-corrected chi connectivity index (χ4v) is 3.04. The average Bonchev–Trinajstić information content (AvgIpc) is 2.47. The van der Waals surface area contributed by atoms with Crippen molar-refractivity contribution in [2.45, 2.75) is 45.3 Å². The second-order valence-electron chi connectivity index (χ2n) is 5.82. The molecule has 0 N–H and O–H groups in total. The summed E-state index contributed by atoms with van der Waals surface area (Å²) in [6.07, 6.45) is 5.26. The summed E-state index contributed by atoms with van der Waals surface area (Å²) < 4.78 is 6.02. The molecule has 1 aromatic heterocycles. The van der Waals surface area contributed by atoms with Gasteiger partial charge in [-0.25, -0.2) is 4.98 Å². The smallest absolute Gasteiger partial charge is 0.135 e. The fourth-order valence-electron chi connectivity index (χ4n) is 2.84. The number of aromatic nitrogens is 1. The summed E-state index contributed by atoms with van der Waals surface area (Å²) in [6, 6.07) is 10.1. The van der Waals surface area contributed by atoms with Gasteiger partial charge in [-0.15, -0.1) is 0 Å². The van der Waals surface area contributed by atoms with E-state index in [2.05, 4.69) is 24.0 Å². The zero-order chi connectivity index (χ0) is 13.9. The average molecular weight is 290 g/mol. The number of benzene rings is 1. The molecule has 20 heavy (non-hydrogen) atoms. The maximum Gasteiger partial charge on any atom is 0.135 e. The van der Waals surface area contributed by atoms with Crippen molar-refractivity contribution in [2.24, 2.45) is 5.92 Å². The molecular weight excluding hydrogens is 270 g/mol. The number of nitrogens with zero attached hydrogens (tertiary/aromatic N) is 1. The predicted octanol–water partition coefficient (Wildman–Crippen LogP) is 4.98. The highest BCUT2D eigenvalue weighted by atomic mass is 35.5. The van der Waals surface area contributed by atoms with Crippen molar-refractivity contribution in [1.82, 2.24) is 4.98 Å². The maximum absolute atomic E-state index is 6.25. The molecule has 106 valence electrons. The van der Waals surface area contributed by atoms with Crippen LogP contribution in [0, 0.1) is 5.92 Å². The lowest BCUT2D eigenvalue weighted by molar-refractivity contribution is 0.00875. The molecule has 0 unspecified atom stereocenters. The fraction of sp³-hybridized carbons (Fsp3) is 0.471. The quantitative estimate of drug-likeness (QED) is 0.743. The number of para-hydroxylation sites is 1. The molecule has 0 radical (unpaired) electrons. The molecule has 1 fully saturated rings. The van der Waals surface area contributed by atoms with Gasteiger partial charge in [0.2, 0.25) is 0 Å². The summed E-state index contributed by atoms with van der Waals surface area (Å²) in [7, 11) is 0. The zero-order valence-electron chi connectivity index (χ0n) is 11.8. The van der Waals surface area contributed by atoms with Crippen molar-refractivity contribution >= 4 is 22.5 Å². The molecular formula is C17H20ClNO. The van der Waals surface area contributed by atoms with E-state index in [-0.39, 0.29) is 0 Å². The molecule has 1 heterocycles. The number of pyridine rings is 1. The molecule has 0 aliphatic heterocycles. The van der Waals surface area contributed by atoms with Gasteiger partial charge < -0.3 is 4.74 Å². The third kappa shape index (κ3) is 3.13. The van der Waals surface area contributed by atoms with E-state index < -0.39 is 0 Å². The summed E-state index contributed by atoms with van der Waals surface area (Å²) in [6.45, 7) is 2.88. The Morgan fingerprint density at radius 2 is 1.95 bits per heavy atom. The summed E-state index contributed by atoms with van der Waals surface area (Å²) in [5, 5.41) is 1.68. The lowest BCUT2D eigenvalue weighted by atomic mass is 9.89. The van der Waals surface area contributed by atoms with Crippen LogP contribution in [-0.2, 0) is 11.3 Å². The first kappa shape index (κ1) is 13.8. The van der Waals surface area contributed by atoms with Crippen molar-refractivity contribution in [1.29, 1.82) is 0 Å². The number of hydrogen-bond acceptors (Lipinski definition) is 2. The van der Waals surface area contributed by atoms with Gasteiger partial charge in [0.1, 0.15) is 5.15 Å². The van der Waals surface area contributed by atoms with Gasteiger partial charge in [-0.1, -0.05) is 36.7 Å². The van der Waals surface area contributed by atoms with Crippen molar-refractivity contribution in [3.63, 3.8) is 0 Å². The number of hydrogen-bond donors (Lipinski definition) is 0. The molecule has 1 aliphatic carbocycles. The highest BCUT2D eigenvalue weighted by molar-refractivity contribution is 6.30. The lowest BCUT2D eigenvalue weighted by Crippen LogP contribution is -2.20. The molecule has 2 aromatic rings. The largest absolute Gasteiger partial charge is 0.373 e. The van der Waals surface area contributed by atoms with Crippen LogP contribution in [0.25, 0.3) is 10.9 Å². The number of ether oxygens (including phenoxy) is 1. The third-order valence-corrected chi connectivity index (χ3v) is 4.51. The van der Waals surface area contributed by atoms with Gasteiger partial charge >= 0.3 is 0 Å². The van der Waals surface area contributed by atoms with Crippen LogP contribution >= 0.6 is 11.6 Å². The summed E-state index contributed by atoms with van der Waals surface area (Å²) in [5.74, 6) is 0.848. The van der Waals surface area contributed by atoms with Gasteiger partial charge in [0.05, 0.1) is 18.2 Å². The molecule has 3 rings (SSSR count). The van der Waals surface area contributed by atoms with E-state index in [0.717, 1.165) is 22.4 Å². The van der Waals surface area contributed by atoms with Gasteiger partial charge in [0, 0.05) is 10.9 Å². The van der Waals surface area contributed by atoms with E-state index in [4.69, 9.17) is 16.3 Å². The van der Waals surface area contributed by atoms with E-state index in [1.54, 1.807) is 0 Å². The van der Waals surface area contributed by atoms with Crippen LogP contribution in [0.5, 0.6) is 0 Å². The van der Waals surface area contributed by atoms with Crippen LogP contribution in [0.3, 0.4) is 0 Å². The van der Waals surface area contributed by atoms with Crippen molar-refractivity contribution in [3.8, 4) is 0 Å². The SMILES string of the molecule is CC1CCC(OCc2cc3ccccc3nc2Cl)CC1. The molecule has 0 saturated heterocycles. The molecule has 0 amide bonds. The molecule has 0 atom stereocenters. The normalized spacial score (nSPS) is 23.1. The van der Waals surface area contributed by atoms with Crippen LogP contribution in [0.15, 0.2) is 30.3 Å². The zero-order valence-corrected chi connectivity index (χ0v) is 12.6. The molecule has 1 saturated carbocycles. The summed E-state index contributed by atoms with van der Waals surface area (Å²) in [5.41, 5.74) is 1.93. The Bertz CT molecular complexity index is 591. The van der Waals surface area contributed by atoms with E-state index in [0.29, 0.717) is 17.9 Å². The van der Waals surface area contributed by atoms with Crippen LogP contribution in [0.4, 0.5) is 0 Å². The first-order valence-electron chi connectivity index (χ1n) is 7.38. The molecule has 1 aliphatic rings. The Labute approximate surface area is 125 Å². The number of rotatable bonds is 3. The van der Waals surface area contributed by atoms with Crippen LogP contribution in [0.2, 0.25) is 5.15 Å². The summed E-state index contributed by atoms with van der Waals surface area (Å²) >= 11 is 6.25. The Balaban J connectivity index is 1.69. The topological polar surface area (TPSA) is 22.1 Å². The van der Waals surface area contributed by atoms with Gasteiger partial charge in [-0.05, 0) is 43.7 Å². The van der Waals surface area contributed by atoms with Gasteiger partial charge in [0.15, 0.2) is 0 Å². The van der Waals surface area contributed by atoms with E-state index in [1.807, 2.05) is 18.2 Å². The van der Waals surface area contributed by atoms with E-state index >= 15 is 0 Å². The van der Waals surface area contributed by atoms with Crippen LogP contribution < -0.4 is 0 Å². The maximum atomic E-state index is 6.25. The Morgan fingerprint density at radius 1 is 1.20 bits per heavy atom. The Morgan fingerprint density at radius 3 is 2.75 bits per heavy atom. The van der Waals surface area contributed by atoms with E-state index in [9.17, 15) is 0 Å². The molecule has 0 spiro atoms. The van der Waals surface area contributed by atoms with Crippen LogP contribution in [0.1, 0.15) is 38.2 Å². The first-order valence-corrected chi connectivity index (χ1v) is 7.76. The second kappa shape index (κ2) is 6.11. The van der Waals surface area contributed by atoms with Crippen molar-refractivity contribution in [3.05, 3.63) is 41.0 Å². The van der Waals surface area contributed by atoms with Crippen molar-refractivity contribution < 1.29 is 4.74 Å². The molecule has 2 nitrogen and oxygen atoms in total. The standard InChI is InChI=1S/C17H20ClNO/c1-12-6-8-15(9-7-12)20-11-14-10-13-4-2-3-5-16(13)19-17(14)18/h2-5,10,12,15H,6-9,11H2,1H3. The number of halogens is 1. The third-order valence-electron chi connectivity index (χ3n) is 4.19. The molecule has 0 bridgehead atoms. The predicted molar refractivity (Wildman–Crippen MR) is 83.0 cm³/mol. The van der Waals surface area contributed by atoms with E-state index in [1.165, 1.54) is 25.7 Å². The molecule has 1 aromatic carbocycles. The van der Waals surface area contributed by atoms with Gasteiger partial charge in [0.25, 0.3) is 0 Å². The van der Waals surface area contributed by atoms with Gasteiger partial charge in [-0.3, -0.25) is 0 Å². The lowest BCUT2D eigenvalue weighted by Gasteiger charge is -2.26.